The summed E-state index contributed by atoms with van der Waals surface area (Å²) in [5.74, 6) is 0. The highest BCUT2D eigenvalue weighted by Gasteiger charge is 2.14. The van der Waals surface area contributed by atoms with Crippen molar-refractivity contribution in [3.63, 3.8) is 0 Å². The van der Waals surface area contributed by atoms with E-state index in [0.29, 0.717) is 0 Å². The highest BCUT2D eigenvalue weighted by Crippen LogP contribution is 2.40. The van der Waals surface area contributed by atoms with Gasteiger partial charge in [0.05, 0.1) is 0 Å². The van der Waals surface area contributed by atoms with Crippen LogP contribution in [0.15, 0.2) is 188 Å². The molecule has 0 bridgehead atoms. The lowest BCUT2D eigenvalue weighted by Crippen LogP contribution is -1.92. The maximum Gasteiger partial charge on any atom is -0.0171 e. The van der Waals surface area contributed by atoms with E-state index in [4.69, 9.17) is 0 Å². The fraction of sp³-hybridized carbons (Fsp3) is 0.0588. The fourth-order valence-electron chi connectivity index (χ4n) is 7.11. The molecule has 244 valence electrons. The lowest BCUT2D eigenvalue weighted by atomic mass is 9.87. The lowest BCUT2D eigenvalue weighted by Gasteiger charge is -2.17. The lowest BCUT2D eigenvalue weighted by molar-refractivity contribution is 1.27. The topological polar surface area (TPSA) is 0 Å². The van der Waals surface area contributed by atoms with Gasteiger partial charge in [0.2, 0.25) is 0 Å². The van der Waals surface area contributed by atoms with E-state index in [2.05, 4.69) is 209 Å². The van der Waals surface area contributed by atoms with Gasteiger partial charge in [-0.25, -0.2) is 0 Å². The highest BCUT2D eigenvalue weighted by molar-refractivity contribution is 5.88. The average molecular weight is 653 g/mol. The smallest absolute Gasteiger partial charge is 0.0171 e. The van der Waals surface area contributed by atoms with Gasteiger partial charge in [-0.2, -0.15) is 0 Å². The van der Waals surface area contributed by atoms with Crippen LogP contribution in [0.5, 0.6) is 0 Å². The summed E-state index contributed by atoms with van der Waals surface area (Å²) in [6.45, 7) is 6.67. The third-order valence-electron chi connectivity index (χ3n) is 10.2. The number of hydrogen-bond donors (Lipinski definition) is 0. The molecule has 0 unspecified atom stereocenters. The molecule has 0 heteroatoms. The summed E-state index contributed by atoms with van der Waals surface area (Å²) in [4.78, 5) is 0. The molecule has 0 aliphatic carbocycles. The maximum absolute atomic E-state index is 2.38. The van der Waals surface area contributed by atoms with Gasteiger partial charge in [0.1, 0.15) is 0 Å². The molecule has 8 aromatic carbocycles. The summed E-state index contributed by atoms with van der Waals surface area (Å²) in [6, 6.07) is 68.8. The number of benzene rings is 8. The van der Waals surface area contributed by atoms with Crippen LogP contribution in [0, 0.1) is 20.8 Å². The van der Waals surface area contributed by atoms with E-state index >= 15 is 0 Å². The average Bonchev–Trinajstić information content (AvgIpc) is 3.20. The molecule has 0 heterocycles. The van der Waals surface area contributed by atoms with E-state index in [1.807, 2.05) is 0 Å². The van der Waals surface area contributed by atoms with Gasteiger partial charge in [-0.05, 0) is 170 Å². The molecular formula is C51H40. The van der Waals surface area contributed by atoms with Crippen molar-refractivity contribution < 1.29 is 0 Å². The van der Waals surface area contributed by atoms with E-state index in [1.54, 1.807) is 0 Å². The van der Waals surface area contributed by atoms with Crippen LogP contribution >= 0.6 is 0 Å². The second-order valence-corrected chi connectivity index (χ2v) is 13.6. The molecule has 0 saturated carbocycles. The molecule has 0 aliphatic rings. The minimum atomic E-state index is 1.19. The normalized spacial score (nSPS) is 11.0. The fourth-order valence-corrected chi connectivity index (χ4v) is 7.11. The SMILES string of the molecule is Cc1cc(-c2cc(-c3cc(-c4ccccc4)cc(-c4ccccc4)c3)cc(-c3cc(-c4ccccc4)cc(-c4ccccc4)c3)c2)cc(C)c1C. The summed E-state index contributed by atoms with van der Waals surface area (Å²) in [6.07, 6.45) is 0. The first-order chi connectivity index (χ1) is 25.0. The zero-order valence-corrected chi connectivity index (χ0v) is 29.4. The molecule has 0 saturated heterocycles. The van der Waals surface area contributed by atoms with Gasteiger partial charge in [0, 0.05) is 0 Å². The summed E-state index contributed by atoms with van der Waals surface area (Å²) >= 11 is 0. The van der Waals surface area contributed by atoms with Crippen LogP contribution in [-0.2, 0) is 0 Å². The third-order valence-corrected chi connectivity index (χ3v) is 10.2. The van der Waals surface area contributed by atoms with E-state index in [-0.39, 0.29) is 0 Å². The van der Waals surface area contributed by atoms with Gasteiger partial charge in [-0.3, -0.25) is 0 Å². The Morgan fingerprint density at radius 1 is 0.196 bits per heavy atom. The molecule has 8 aromatic rings. The van der Waals surface area contributed by atoms with Gasteiger partial charge in [0.15, 0.2) is 0 Å². The third kappa shape index (κ3) is 6.82. The first-order valence-electron chi connectivity index (χ1n) is 17.7. The van der Waals surface area contributed by atoms with Crippen LogP contribution in [0.3, 0.4) is 0 Å². The van der Waals surface area contributed by atoms with Crippen molar-refractivity contribution in [2.45, 2.75) is 20.8 Å². The molecule has 0 fully saturated rings. The van der Waals surface area contributed by atoms with E-state index in [1.165, 1.54) is 94.6 Å². The molecule has 0 aliphatic heterocycles. The van der Waals surface area contributed by atoms with Gasteiger partial charge >= 0.3 is 0 Å². The standard InChI is InChI=1S/C51H40/c1-35-24-42(25-36(2)37(35)3)47-32-50(48-28-43(38-16-8-4-9-17-38)26-44(29-48)39-18-10-5-11-19-39)34-51(33-47)49-30-45(40-20-12-6-13-21-40)27-46(31-49)41-22-14-7-15-23-41/h4-34H,1-3H3. The Morgan fingerprint density at radius 3 is 0.588 bits per heavy atom. The van der Waals surface area contributed by atoms with Crippen molar-refractivity contribution in [2.75, 3.05) is 0 Å². The Morgan fingerprint density at radius 2 is 0.373 bits per heavy atom. The van der Waals surface area contributed by atoms with Crippen molar-refractivity contribution in [1.29, 1.82) is 0 Å². The van der Waals surface area contributed by atoms with Crippen molar-refractivity contribution in [2.24, 2.45) is 0 Å². The zero-order valence-electron chi connectivity index (χ0n) is 29.4. The summed E-state index contributed by atoms with van der Waals surface area (Å²) in [7, 11) is 0. The first-order valence-corrected chi connectivity index (χ1v) is 17.7. The van der Waals surface area contributed by atoms with Crippen molar-refractivity contribution in [1.82, 2.24) is 0 Å². The first kappa shape index (κ1) is 32.0. The quantitative estimate of drug-likeness (QED) is 0.161. The van der Waals surface area contributed by atoms with Crippen LogP contribution in [-0.4, -0.2) is 0 Å². The predicted molar refractivity (Wildman–Crippen MR) is 219 cm³/mol. The molecule has 0 nitrogen and oxygen atoms in total. The van der Waals surface area contributed by atoms with Gasteiger partial charge in [0.25, 0.3) is 0 Å². The largest absolute Gasteiger partial charge is 0.0622 e. The van der Waals surface area contributed by atoms with E-state index < -0.39 is 0 Å². The second kappa shape index (κ2) is 13.9. The van der Waals surface area contributed by atoms with Gasteiger partial charge < -0.3 is 0 Å². The number of aryl methyl sites for hydroxylation is 2. The van der Waals surface area contributed by atoms with Crippen LogP contribution < -0.4 is 0 Å². The van der Waals surface area contributed by atoms with E-state index in [9.17, 15) is 0 Å². The number of hydrogen-bond acceptors (Lipinski definition) is 0. The monoisotopic (exact) mass is 652 g/mol. The van der Waals surface area contributed by atoms with Crippen molar-refractivity contribution in [3.8, 4) is 77.9 Å². The second-order valence-electron chi connectivity index (χ2n) is 13.6. The van der Waals surface area contributed by atoms with Crippen LogP contribution in [0.2, 0.25) is 0 Å². The molecule has 8 rings (SSSR count). The molecular weight excluding hydrogens is 613 g/mol. The minimum absolute atomic E-state index is 1.19. The van der Waals surface area contributed by atoms with Gasteiger partial charge in [-0.15, -0.1) is 0 Å². The zero-order chi connectivity index (χ0) is 34.7. The Bertz CT molecular complexity index is 2170. The molecule has 0 N–H and O–H groups in total. The Kier molecular flexibility index (Phi) is 8.74. The molecule has 0 amide bonds. The summed E-state index contributed by atoms with van der Waals surface area (Å²) in [5.41, 5.74) is 20.9. The van der Waals surface area contributed by atoms with Crippen LogP contribution in [0.4, 0.5) is 0 Å². The Hall–Kier alpha value is -6.24. The highest BCUT2D eigenvalue weighted by atomic mass is 14.2. The Labute approximate surface area is 302 Å². The molecule has 0 atom stereocenters. The summed E-state index contributed by atoms with van der Waals surface area (Å²) < 4.78 is 0. The maximum atomic E-state index is 2.38. The molecule has 0 radical (unpaired) electrons. The number of rotatable bonds is 7. The minimum Gasteiger partial charge on any atom is -0.0622 e. The predicted octanol–water partition coefficient (Wildman–Crippen LogP) is 14.3. The van der Waals surface area contributed by atoms with Gasteiger partial charge in [-0.1, -0.05) is 133 Å². The van der Waals surface area contributed by atoms with Crippen molar-refractivity contribution >= 4 is 0 Å². The summed E-state index contributed by atoms with van der Waals surface area (Å²) in [5, 5.41) is 0. The van der Waals surface area contributed by atoms with Crippen LogP contribution in [0.25, 0.3) is 77.9 Å². The molecule has 51 heavy (non-hydrogen) atoms. The van der Waals surface area contributed by atoms with Crippen LogP contribution in [0.1, 0.15) is 16.7 Å². The van der Waals surface area contributed by atoms with Crippen molar-refractivity contribution in [3.05, 3.63) is 205 Å². The molecule has 0 spiro atoms. The Balaban J connectivity index is 1.39. The van der Waals surface area contributed by atoms with E-state index in [0.717, 1.165) is 0 Å². The molecule has 0 aromatic heterocycles.